The Kier molecular flexibility index (Phi) is 13.3. The monoisotopic (exact) mass is 596 g/mol. The maximum absolute atomic E-state index is 12.1. The van der Waals surface area contributed by atoms with Gasteiger partial charge in [-0.25, -0.2) is 0 Å². The minimum atomic E-state index is -0.579. The molecule has 0 bridgehead atoms. The highest BCUT2D eigenvalue weighted by Crippen LogP contribution is 2.25. The zero-order chi connectivity index (χ0) is 30.8. The van der Waals surface area contributed by atoms with E-state index in [0.717, 1.165) is 13.1 Å². The van der Waals surface area contributed by atoms with Crippen LogP contribution in [0.2, 0.25) is 10.0 Å². The number of nitrogens with zero attached hydrogens (tertiary/aromatic N) is 3. The molecule has 0 heterocycles. The first-order valence-corrected chi connectivity index (χ1v) is 13.4. The summed E-state index contributed by atoms with van der Waals surface area (Å²) in [6.45, 7) is 11.2. The molecule has 0 unspecified atom stereocenters. The predicted octanol–water partition coefficient (Wildman–Crippen LogP) is 4.81. The Hall–Kier alpha value is -2.92. The SMILES string of the molecule is CN(C)CC(C)(C)CNC(=O)c1ccc(N)c(Cl)c1.CN(C)CC(C)(C)CNC(=O)c1ccc([N+](=O)[O-])c(Cl)c1. The van der Waals surface area contributed by atoms with Crippen LogP contribution < -0.4 is 16.4 Å². The second kappa shape index (κ2) is 15.2. The number of hydrogen-bond acceptors (Lipinski definition) is 7. The van der Waals surface area contributed by atoms with Gasteiger partial charge in [0.2, 0.25) is 0 Å². The van der Waals surface area contributed by atoms with E-state index in [1.54, 1.807) is 18.2 Å². The molecule has 0 saturated carbocycles. The summed E-state index contributed by atoms with van der Waals surface area (Å²) >= 11 is 11.7. The van der Waals surface area contributed by atoms with Gasteiger partial charge in [-0.15, -0.1) is 0 Å². The van der Waals surface area contributed by atoms with Crippen molar-refractivity contribution in [2.75, 3.05) is 60.1 Å². The Labute approximate surface area is 247 Å². The molecule has 0 aliphatic carbocycles. The Bertz CT molecular complexity index is 1190. The second-order valence-corrected chi connectivity index (χ2v) is 12.6. The van der Waals surface area contributed by atoms with E-state index in [-0.39, 0.29) is 33.4 Å². The molecule has 0 aliphatic heterocycles. The summed E-state index contributed by atoms with van der Waals surface area (Å²) in [4.78, 5) is 38.3. The number of halogens is 2. The van der Waals surface area contributed by atoms with Crippen molar-refractivity contribution in [1.29, 1.82) is 0 Å². The van der Waals surface area contributed by atoms with Gasteiger partial charge in [-0.3, -0.25) is 19.7 Å². The quantitative estimate of drug-likeness (QED) is 0.192. The molecule has 2 rings (SSSR count). The fourth-order valence-electron chi connectivity index (χ4n) is 4.13. The molecule has 0 aromatic heterocycles. The number of carbonyl (C=O) groups is 2. The molecular formula is C28H42Cl2N6O4. The predicted molar refractivity (Wildman–Crippen MR) is 163 cm³/mol. The molecule has 40 heavy (non-hydrogen) atoms. The number of benzene rings is 2. The number of hydrogen-bond donors (Lipinski definition) is 3. The van der Waals surface area contributed by atoms with E-state index in [0.29, 0.717) is 34.9 Å². The highest BCUT2D eigenvalue weighted by atomic mass is 35.5. The van der Waals surface area contributed by atoms with Crippen molar-refractivity contribution in [2.45, 2.75) is 27.7 Å². The third kappa shape index (κ3) is 12.5. The van der Waals surface area contributed by atoms with Crippen molar-refractivity contribution in [3.8, 4) is 0 Å². The van der Waals surface area contributed by atoms with E-state index in [1.165, 1.54) is 18.2 Å². The zero-order valence-electron chi connectivity index (χ0n) is 24.6. The second-order valence-electron chi connectivity index (χ2n) is 11.8. The van der Waals surface area contributed by atoms with Gasteiger partial charge >= 0.3 is 0 Å². The summed E-state index contributed by atoms with van der Waals surface area (Å²) in [6.07, 6.45) is 0. The van der Waals surface area contributed by atoms with Gasteiger partial charge in [0.25, 0.3) is 17.5 Å². The third-order valence-electron chi connectivity index (χ3n) is 5.61. The van der Waals surface area contributed by atoms with Crippen molar-refractivity contribution in [3.63, 3.8) is 0 Å². The molecule has 4 N–H and O–H groups in total. The highest BCUT2D eigenvalue weighted by molar-refractivity contribution is 6.33. The van der Waals surface area contributed by atoms with Crippen LogP contribution in [-0.2, 0) is 0 Å². The van der Waals surface area contributed by atoms with Gasteiger partial charge in [0.05, 0.1) is 15.6 Å². The summed E-state index contributed by atoms with van der Waals surface area (Å²) in [6, 6.07) is 8.86. The lowest BCUT2D eigenvalue weighted by Crippen LogP contribution is -2.40. The fourth-order valence-corrected chi connectivity index (χ4v) is 4.56. The number of nitro groups is 1. The van der Waals surface area contributed by atoms with Gasteiger partial charge in [0, 0.05) is 43.4 Å². The minimum absolute atomic E-state index is 0.0107. The summed E-state index contributed by atoms with van der Waals surface area (Å²) in [7, 11) is 7.98. The number of anilines is 1. The van der Waals surface area contributed by atoms with Crippen LogP contribution in [0.5, 0.6) is 0 Å². The Balaban J connectivity index is 0.000000402. The van der Waals surface area contributed by atoms with Crippen molar-refractivity contribution in [3.05, 3.63) is 67.7 Å². The molecule has 0 atom stereocenters. The minimum Gasteiger partial charge on any atom is -0.398 e. The van der Waals surface area contributed by atoms with Crippen LogP contribution >= 0.6 is 23.2 Å². The van der Waals surface area contributed by atoms with E-state index < -0.39 is 4.92 Å². The van der Waals surface area contributed by atoms with Gasteiger partial charge < -0.3 is 26.2 Å². The average Bonchev–Trinajstić information content (AvgIpc) is 2.81. The summed E-state index contributed by atoms with van der Waals surface area (Å²) in [5.41, 5.74) is 6.66. The van der Waals surface area contributed by atoms with Crippen LogP contribution in [0.3, 0.4) is 0 Å². The van der Waals surface area contributed by atoms with Crippen molar-refractivity contribution >= 4 is 46.4 Å². The van der Waals surface area contributed by atoms with Crippen molar-refractivity contribution < 1.29 is 14.5 Å². The lowest BCUT2D eigenvalue weighted by atomic mass is 9.93. The summed E-state index contributed by atoms with van der Waals surface area (Å²) in [5, 5.41) is 16.8. The molecule has 10 nitrogen and oxygen atoms in total. The number of nitrogens with one attached hydrogen (secondary N) is 2. The highest BCUT2D eigenvalue weighted by Gasteiger charge is 2.22. The first-order valence-electron chi connectivity index (χ1n) is 12.7. The first kappa shape index (κ1) is 35.1. The lowest BCUT2D eigenvalue weighted by Gasteiger charge is -2.28. The van der Waals surface area contributed by atoms with E-state index >= 15 is 0 Å². The molecule has 0 radical (unpaired) electrons. The van der Waals surface area contributed by atoms with Gasteiger partial charge in [-0.05, 0) is 69.4 Å². The maximum Gasteiger partial charge on any atom is 0.287 e. The fraction of sp³-hybridized carbons (Fsp3) is 0.500. The Morgan fingerprint density at radius 2 is 1.23 bits per heavy atom. The zero-order valence-corrected chi connectivity index (χ0v) is 26.1. The first-order chi connectivity index (χ1) is 18.3. The average molecular weight is 598 g/mol. The van der Waals surface area contributed by atoms with Crippen LogP contribution in [0.25, 0.3) is 0 Å². The lowest BCUT2D eigenvalue weighted by molar-refractivity contribution is -0.384. The van der Waals surface area contributed by atoms with E-state index in [2.05, 4.69) is 48.1 Å². The molecule has 2 aromatic rings. The number of carbonyl (C=O) groups excluding carboxylic acids is 2. The normalized spacial score (nSPS) is 11.6. The number of nitrogen functional groups attached to an aromatic ring is 1. The molecule has 0 spiro atoms. The molecule has 0 aliphatic rings. The van der Waals surface area contributed by atoms with Crippen LogP contribution in [-0.4, -0.2) is 80.9 Å². The van der Waals surface area contributed by atoms with Crippen LogP contribution in [0, 0.1) is 20.9 Å². The Morgan fingerprint density at radius 3 is 1.57 bits per heavy atom. The molecule has 0 fully saturated rings. The van der Waals surface area contributed by atoms with Gasteiger partial charge in [-0.2, -0.15) is 0 Å². The van der Waals surface area contributed by atoms with Crippen LogP contribution in [0.1, 0.15) is 48.4 Å². The molecule has 12 heteroatoms. The van der Waals surface area contributed by atoms with Crippen LogP contribution in [0.15, 0.2) is 36.4 Å². The number of nitrogens with two attached hydrogens (primary N) is 1. The topological polar surface area (TPSA) is 134 Å². The molecule has 222 valence electrons. The van der Waals surface area contributed by atoms with Crippen molar-refractivity contribution in [2.24, 2.45) is 10.8 Å². The van der Waals surface area contributed by atoms with E-state index in [9.17, 15) is 19.7 Å². The van der Waals surface area contributed by atoms with Gasteiger partial charge in [-0.1, -0.05) is 50.9 Å². The Morgan fingerprint density at radius 1 is 0.825 bits per heavy atom. The number of nitro benzene ring substituents is 1. The molecule has 2 amide bonds. The van der Waals surface area contributed by atoms with Crippen LogP contribution in [0.4, 0.5) is 11.4 Å². The summed E-state index contributed by atoms with van der Waals surface area (Å²) in [5.74, 6) is -0.424. The van der Waals surface area contributed by atoms with Gasteiger partial charge in [0.15, 0.2) is 0 Å². The maximum atomic E-state index is 12.1. The third-order valence-corrected chi connectivity index (χ3v) is 6.24. The van der Waals surface area contributed by atoms with E-state index in [1.807, 2.05) is 28.2 Å². The molecule has 2 aromatic carbocycles. The standard InChI is InChI=1S/C14H20ClN3O3.C14H22ClN3O/c1-14(2,9-17(3)4)8-16-13(19)10-5-6-12(18(20)21)11(15)7-10;1-14(2,9-18(3)4)8-17-13(19)10-5-6-12(16)11(15)7-10/h5-7H,8-9H2,1-4H3,(H,16,19);5-7H,8-9,16H2,1-4H3,(H,17,19). The summed E-state index contributed by atoms with van der Waals surface area (Å²) < 4.78 is 0. The van der Waals surface area contributed by atoms with Gasteiger partial charge in [0.1, 0.15) is 5.02 Å². The molecular weight excluding hydrogens is 555 g/mol. The number of rotatable bonds is 11. The largest absolute Gasteiger partial charge is 0.398 e. The smallest absolute Gasteiger partial charge is 0.287 e. The number of amides is 2. The molecule has 0 saturated heterocycles. The van der Waals surface area contributed by atoms with Crippen molar-refractivity contribution in [1.82, 2.24) is 20.4 Å². The van der Waals surface area contributed by atoms with E-state index in [4.69, 9.17) is 28.9 Å².